The van der Waals surface area contributed by atoms with Crippen molar-refractivity contribution in [2.24, 2.45) is 5.73 Å². The van der Waals surface area contributed by atoms with Crippen LogP contribution >= 0.6 is 12.6 Å². The third-order valence-electron chi connectivity index (χ3n) is 2.93. The molecule has 0 aliphatic heterocycles. The molecule has 18 heavy (non-hydrogen) atoms. The Hall–Kier alpha value is -1.58. The van der Waals surface area contributed by atoms with Crippen LogP contribution in [0.1, 0.15) is 22.6 Å². The van der Waals surface area contributed by atoms with E-state index in [2.05, 4.69) is 12.6 Å². The lowest BCUT2D eigenvalue weighted by Gasteiger charge is -2.14. The molecule has 0 spiro atoms. The van der Waals surface area contributed by atoms with Crippen LogP contribution < -0.4 is 5.73 Å². The molecule has 2 aromatic rings. The Morgan fingerprint density at radius 3 is 2.06 bits per heavy atom. The second-order valence-electron chi connectivity index (χ2n) is 4.13. The van der Waals surface area contributed by atoms with E-state index >= 15 is 0 Å². The molecule has 1 atom stereocenters. The van der Waals surface area contributed by atoms with Gasteiger partial charge in [0.2, 0.25) is 0 Å². The number of carbonyl (C=O) groups is 1. The Labute approximate surface area is 112 Å². The summed E-state index contributed by atoms with van der Waals surface area (Å²) in [6, 6.07) is 17.4. The van der Waals surface area contributed by atoms with Crippen molar-refractivity contribution in [2.75, 3.05) is 0 Å². The third-order valence-corrected chi connectivity index (χ3v) is 3.19. The fraction of sp³-hybridized carbons (Fsp3) is 0.133. The topological polar surface area (TPSA) is 43.1 Å². The van der Waals surface area contributed by atoms with E-state index in [1.165, 1.54) is 0 Å². The Kier molecular flexibility index (Phi) is 4.18. The second kappa shape index (κ2) is 5.85. The fourth-order valence-corrected chi connectivity index (χ4v) is 2.27. The minimum atomic E-state index is -0.318. The first kappa shape index (κ1) is 12.9. The van der Waals surface area contributed by atoms with Crippen molar-refractivity contribution in [3.8, 4) is 0 Å². The van der Waals surface area contributed by atoms with Crippen molar-refractivity contribution in [1.29, 1.82) is 0 Å². The first-order valence-corrected chi connectivity index (χ1v) is 6.23. The molecule has 0 heterocycles. The molecule has 0 aliphatic rings. The van der Waals surface area contributed by atoms with Crippen LogP contribution in [0.3, 0.4) is 0 Å². The summed E-state index contributed by atoms with van der Waals surface area (Å²) in [6.45, 7) is 0.505. The van der Waals surface area contributed by atoms with Crippen molar-refractivity contribution in [3.05, 3.63) is 71.3 Å². The third kappa shape index (κ3) is 2.81. The molecule has 92 valence electrons. The van der Waals surface area contributed by atoms with E-state index in [1.807, 2.05) is 54.6 Å². The van der Waals surface area contributed by atoms with Gasteiger partial charge in [0, 0.05) is 6.54 Å². The van der Waals surface area contributed by atoms with Gasteiger partial charge in [-0.05, 0) is 16.7 Å². The number of rotatable bonds is 4. The zero-order valence-corrected chi connectivity index (χ0v) is 10.8. The molecular weight excluding hydrogens is 242 g/mol. The van der Waals surface area contributed by atoms with Gasteiger partial charge in [0.05, 0.1) is 5.92 Å². The van der Waals surface area contributed by atoms with E-state index in [1.54, 1.807) is 0 Å². The van der Waals surface area contributed by atoms with E-state index in [4.69, 9.17) is 5.73 Å². The highest BCUT2D eigenvalue weighted by atomic mass is 32.1. The highest BCUT2D eigenvalue weighted by Gasteiger charge is 2.19. The van der Waals surface area contributed by atoms with E-state index in [9.17, 15) is 4.79 Å². The Morgan fingerprint density at radius 1 is 1.00 bits per heavy atom. The van der Waals surface area contributed by atoms with Gasteiger partial charge in [0.15, 0.2) is 5.12 Å². The minimum absolute atomic E-state index is 0.151. The Bertz CT molecular complexity index is 522. The highest BCUT2D eigenvalue weighted by molar-refractivity contribution is 7.96. The maximum atomic E-state index is 11.7. The molecule has 2 N–H and O–H groups in total. The normalized spacial score (nSPS) is 12.1. The van der Waals surface area contributed by atoms with Crippen LogP contribution in [0.5, 0.6) is 0 Å². The Morgan fingerprint density at radius 2 is 1.56 bits per heavy atom. The zero-order chi connectivity index (χ0) is 13.0. The summed E-state index contributed by atoms with van der Waals surface area (Å²) in [5, 5.41) is -0.151. The summed E-state index contributed by atoms with van der Waals surface area (Å²) in [6.07, 6.45) is 0. The SMILES string of the molecule is NCc1ccc(C(C(=O)S)c2ccccc2)cc1. The van der Waals surface area contributed by atoms with Crippen LogP contribution in [0.2, 0.25) is 0 Å². The molecule has 2 rings (SSSR count). The molecule has 0 aromatic heterocycles. The van der Waals surface area contributed by atoms with Crippen LogP contribution in [-0.4, -0.2) is 5.12 Å². The summed E-state index contributed by atoms with van der Waals surface area (Å²) >= 11 is 4.00. The molecule has 0 bridgehead atoms. The number of hydrogen-bond donors (Lipinski definition) is 2. The van der Waals surface area contributed by atoms with Crippen LogP contribution in [0.25, 0.3) is 0 Å². The Balaban J connectivity index is 2.39. The van der Waals surface area contributed by atoms with Crippen LogP contribution in [-0.2, 0) is 11.3 Å². The lowest BCUT2D eigenvalue weighted by atomic mass is 9.92. The highest BCUT2D eigenvalue weighted by Crippen LogP contribution is 2.27. The van der Waals surface area contributed by atoms with E-state index < -0.39 is 0 Å². The monoisotopic (exact) mass is 257 g/mol. The number of benzene rings is 2. The van der Waals surface area contributed by atoms with Gasteiger partial charge in [0.1, 0.15) is 0 Å². The van der Waals surface area contributed by atoms with Crippen molar-refractivity contribution in [3.63, 3.8) is 0 Å². The first-order chi connectivity index (χ1) is 8.72. The summed E-state index contributed by atoms with van der Waals surface area (Å²) in [5.74, 6) is -0.318. The minimum Gasteiger partial charge on any atom is -0.326 e. The molecule has 0 fully saturated rings. The number of carbonyl (C=O) groups excluding carboxylic acids is 1. The van der Waals surface area contributed by atoms with Crippen molar-refractivity contribution in [2.45, 2.75) is 12.5 Å². The maximum Gasteiger partial charge on any atom is 0.197 e. The largest absolute Gasteiger partial charge is 0.326 e. The van der Waals surface area contributed by atoms with Gasteiger partial charge >= 0.3 is 0 Å². The lowest BCUT2D eigenvalue weighted by molar-refractivity contribution is -0.111. The predicted octanol–water partition coefficient (Wildman–Crippen LogP) is 2.73. The number of nitrogens with two attached hydrogens (primary N) is 1. The summed E-state index contributed by atoms with van der Waals surface area (Å²) < 4.78 is 0. The lowest BCUT2D eigenvalue weighted by Crippen LogP contribution is -2.09. The van der Waals surface area contributed by atoms with Gasteiger partial charge in [-0.1, -0.05) is 54.6 Å². The van der Waals surface area contributed by atoms with Crippen LogP contribution in [0.4, 0.5) is 0 Å². The molecule has 0 saturated carbocycles. The smallest absolute Gasteiger partial charge is 0.197 e. The van der Waals surface area contributed by atoms with E-state index in [0.29, 0.717) is 6.54 Å². The van der Waals surface area contributed by atoms with Crippen molar-refractivity contribution >= 4 is 17.7 Å². The molecule has 2 aromatic carbocycles. The van der Waals surface area contributed by atoms with E-state index in [0.717, 1.165) is 16.7 Å². The summed E-state index contributed by atoms with van der Waals surface area (Å²) in [7, 11) is 0. The predicted molar refractivity (Wildman–Crippen MR) is 76.6 cm³/mol. The quantitative estimate of drug-likeness (QED) is 0.827. The fourth-order valence-electron chi connectivity index (χ4n) is 1.97. The van der Waals surface area contributed by atoms with Gasteiger partial charge in [-0.2, -0.15) is 0 Å². The average molecular weight is 257 g/mol. The van der Waals surface area contributed by atoms with Gasteiger partial charge < -0.3 is 5.73 Å². The average Bonchev–Trinajstić information content (AvgIpc) is 2.40. The zero-order valence-electron chi connectivity index (χ0n) is 9.91. The number of thiol groups is 1. The van der Waals surface area contributed by atoms with Gasteiger partial charge in [0.25, 0.3) is 0 Å². The van der Waals surface area contributed by atoms with Crippen LogP contribution in [0.15, 0.2) is 54.6 Å². The van der Waals surface area contributed by atoms with Crippen LogP contribution in [0, 0.1) is 0 Å². The molecule has 0 aliphatic carbocycles. The van der Waals surface area contributed by atoms with Crippen molar-refractivity contribution < 1.29 is 4.79 Å². The summed E-state index contributed by atoms with van der Waals surface area (Å²) in [5.41, 5.74) is 8.52. The molecule has 0 saturated heterocycles. The number of hydrogen-bond acceptors (Lipinski definition) is 2. The first-order valence-electron chi connectivity index (χ1n) is 5.79. The molecule has 0 amide bonds. The molecule has 2 nitrogen and oxygen atoms in total. The second-order valence-corrected chi connectivity index (χ2v) is 4.57. The van der Waals surface area contributed by atoms with Crippen molar-refractivity contribution in [1.82, 2.24) is 0 Å². The summed E-state index contributed by atoms with van der Waals surface area (Å²) in [4.78, 5) is 11.7. The van der Waals surface area contributed by atoms with E-state index in [-0.39, 0.29) is 11.0 Å². The molecule has 1 unspecified atom stereocenters. The molecule has 0 radical (unpaired) electrons. The standard InChI is InChI=1S/C15H15NOS/c16-10-11-6-8-13(9-7-11)14(15(17)18)12-4-2-1-3-5-12/h1-9,14H,10,16H2,(H,17,18). The molecule has 3 heteroatoms. The van der Waals surface area contributed by atoms with Gasteiger partial charge in [-0.25, -0.2) is 0 Å². The maximum absolute atomic E-state index is 11.7. The van der Waals surface area contributed by atoms with Gasteiger partial charge in [-0.15, -0.1) is 12.6 Å². The molecular formula is C15H15NOS. The van der Waals surface area contributed by atoms with Gasteiger partial charge in [-0.3, -0.25) is 4.79 Å².